The lowest BCUT2D eigenvalue weighted by Crippen LogP contribution is -2.48. The summed E-state index contributed by atoms with van der Waals surface area (Å²) in [6, 6.07) is 22.7. The van der Waals surface area contributed by atoms with Crippen LogP contribution in [0.4, 0.5) is 18.9 Å². The lowest BCUT2D eigenvalue weighted by atomic mass is 10.1. The third-order valence-corrected chi connectivity index (χ3v) is 5.73. The molecule has 0 unspecified atom stereocenters. The molecule has 0 aliphatic carbocycles. The van der Waals surface area contributed by atoms with Crippen LogP contribution in [0.2, 0.25) is 0 Å². The maximum atomic E-state index is 13.0. The predicted octanol–water partition coefficient (Wildman–Crippen LogP) is 5.61. The summed E-state index contributed by atoms with van der Waals surface area (Å²) in [7, 11) is 1.62. The Bertz CT molecular complexity index is 1200. The number of benzene rings is 3. The van der Waals surface area contributed by atoms with Gasteiger partial charge in [-0.25, -0.2) is 4.99 Å². The van der Waals surface area contributed by atoms with E-state index in [1.807, 2.05) is 54.6 Å². The molecule has 1 saturated heterocycles. The third-order valence-electron chi connectivity index (χ3n) is 5.73. The van der Waals surface area contributed by atoms with E-state index in [2.05, 4.69) is 21.6 Å². The largest absolute Gasteiger partial charge is 0.497 e. The van der Waals surface area contributed by atoms with E-state index < -0.39 is 11.7 Å². The van der Waals surface area contributed by atoms with Crippen molar-refractivity contribution in [1.82, 2.24) is 9.80 Å². The average molecular weight is 478 g/mol. The van der Waals surface area contributed by atoms with Crippen LogP contribution in [-0.2, 0) is 12.7 Å². The number of alkyl halides is 3. The Morgan fingerprint density at radius 3 is 2.29 bits per heavy atom. The highest BCUT2D eigenvalue weighted by Crippen LogP contribution is 2.30. The van der Waals surface area contributed by atoms with Gasteiger partial charge < -0.3 is 9.64 Å². The van der Waals surface area contributed by atoms with Gasteiger partial charge in [-0.1, -0.05) is 42.3 Å². The van der Waals surface area contributed by atoms with Crippen molar-refractivity contribution < 1.29 is 17.9 Å². The van der Waals surface area contributed by atoms with Crippen molar-refractivity contribution >= 4 is 11.5 Å². The van der Waals surface area contributed by atoms with Crippen molar-refractivity contribution in [1.29, 1.82) is 0 Å². The van der Waals surface area contributed by atoms with Crippen molar-refractivity contribution in [2.45, 2.75) is 12.7 Å². The summed E-state index contributed by atoms with van der Waals surface area (Å²) in [5.41, 5.74) is 1.72. The summed E-state index contributed by atoms with van der Waals surface area (Å²) in [5, 5.41) is 0. The number of aliphatic imine (C=N–C) groups is 1. The number of methoxy groups -OCH3 is 1. The van der Waals surface area contributed by atoms with E-state index in [0.29, 0.717) is 44.1 Å². The minimum Gasteiger partial charge on any atom is -0.497 e. The topological polar surface area (TPSA) is 28.1 Å². The molecule has 1 fully saturated rings. The zero-order valence-electron chi connectivity index (χ0n) is 19.4. The van der Waals surface area contributed by atoms with Gasteiger partial charge in [0.05, 0.1) is 18.4 Å². The zero-order valence-corrected chi connectivity index (χ0v) is 19.4. The molecule has 180 valence electrons. The van der Waals surface area contributed by atoms with Crippen LogP contribution in [0.15, 0.2) is 83.9 Å². The molecule has 0 atom stereocenters. The van der Waals surface area contributed by atoms with E-state index in [0.717, 1.165) is 23.1 Å². The lowest BCUT2D eigenvalue weighted by Gasteiger charge is -2.35. The van der Waals surface area contributed by atoms with Gasteiger partial charge >= 0.3 is 6.18 Å². The third kappa shape index (κ3) is 6.87. The molecule has 3 aromatic carbocycles. The molecule has 1 heterocycles. The fourth-order valence-corrected chi connectivity index (χ4v) is 3.83. The van der Waals surface area contributed by atoms with Crippen molar-refractivity contribution in [3.8, 4) is 17.6 Å². The number of ether oxygens (including phenoxy) is 1. The monoisotopic (exact) mass is 477 g/mol. The van der Waals surface area contributed by atoms with Gasteiger partial charge in [0.15, 0.2) is 5.84 Å². The fourth-order valence-electron chi connectivity index (χ4n) is 3.83. The van der Waals surface area contributed by atoms with Crippen LogP contribution in [0.3, 0.4) is 0 Å². The number of halogens is 3. The van der Waals surface area contributed by atoms with E-state index in [9.17, 15) is 13.2 Å². The maximum Gasteiger partial charge on any atom is 0.416 e. The summed E-state index contributed by atoms with van der Waals surface area (Å²) in [5.74, 6) is 7.83. The van der Waals surface area contributed by atoms with Crippen LogP contribution in [0.25, 0.3) is 0 Å². The van der Waals surface area contributed by atoms with Gasteiger partial charge in [0.25, 0.3) is 0 Å². The van der Waals surface area contributed by atoms with E-state index in [1.165, 1.54) is 12.1 Å². The Morgan fingerprint density at radius 2 is 1.63 bits per heavy atom. The normalized spacial score (nSPS) is 14.9. The molecule has 1 aliphatic rings. The van der Waals surface area contributed by atoms with Gasteiger partial charge in [0.2, 0.25) is 0 Å². The predicted molar refractivity (Wildman–Crippen MR) is 132 cm³/mol. The van der Waals surface area contributed by atoms with E-state index in [1.54, 1.807) is 13.2 Å². The molecule has 4 nitrogen and oxygen atoms in total. The van der Waals surface area contributed by atoms with E-state index in [-0.39, 0.29) is 0 Å². The van der Waals surface area contributed by atoms with Gasteiger partial charge in [-0.2, -0.15) is 13.2 Å². The van der Waals surface area contributed by atoms with Crippen molar-refractivity contribution in [3.05, 3.63) is 95.6 Å². The molecule has 7 heteroatoms. The molecule has 0 radical (unpaired) electrons. The molecule has 3 aromatic rings. The van der Waals surface area contributed by atoms with Crippen molar-refractivity contribution in [2.75, 3.05) is 33.3 Å². The average Bonchev–Trinajstić information content (AvgIpc) is 2.88. The molecule has 35 heavy (non-hydrogen) atoms. The Balaban J connectivity index is 1.48. The molecule has 0 bridgehead atoms. The summed E-state index contributed by atoms with van der Waals surface area (Å²) in [6.45, 7) is 3.23. The van der Waals surface area contributed by atoms with Gasteiger partial charge in [-0.05, 0) is 53.9 Å². The van der Waals surface area contributed by atoms with Gasteiger partial charge in [0, 0.05) is 38.3 Å². The number of rotatable bonds is 4. The molecule has 0 aromatic heterocycles. The lowest BCUT2D eigenvalue weighted by molar-refractivity contribution is -0.137. The van der Waals surface area contributed by atoms with Crippen LogP contribution < -0.4 is 4.74 Å². The molecule has 1 aliphatic heterocycles. The van der Waals surface area contributed by atoms with E-state index in [4.69, 9.17) is 9.73 Å². The SMILES string of the molecule is COc1ccc(/N=C(/C#Cc2ccccc2)N2CCN(Cc3cccc(C(F)(F)F)c3)CC2)cc1. The molecule has 0 amide bonds. The second kappa shape index (κ2) is 11.1. The Hall–Kier alpha value is -3.76. The molecular formula is C28H26F3N3O. The first kappa shape index (κ1) is 24.4. The highest BCUT2D eigenvalue weighted by atomic mass is 19.4. The van der Waals surface area contributed by atoms with Crippen LogP contribution in [0, 0.1) is 11.8 Å². The Labute approximate surface area is 203 Å². The summed E-state index contributed by atoms with van der Waals surface area (Å²) in [6.07, 6.45) is -4.33. The van der Waals surface area contributed by atoms with Crippen LogP contribution in [0.5, 0.6) is 5.75 Å². The van der Waals surface area contributed by atoms with Crippen molar-refractivity contribution in [2.24, 2.45) is 4.99 Å². The first-order valence-electron chi connectivity index (χ1n) is 11.3. The van der Waals surface area contributed by atoms with Gasteiger partial charge in [-0.15, -0.1) is 0 Å². The first-order chi connectivity index (χ1) is 16.9. The number of amidine groups is 1. The van der Waals surface area contributed by atoms with Crippen LogP contribution in [0.1, 0.15) is 16.7 Å². The number of hydrogen-bond acceptors (Lipinski definition) is 3. The second-order valence-corrected chi connectivity index (χ2v) is 8.21. The number of piperazine rings is 1. The highest BCUT2D eigenvalue weighted by molar-refractivity contribution is 6.00. The minimum atomic E-state index is -4.33. The summed E-state index contributed by atoms with van der Waals surface area (Å²) in [4.78, 5) is 9.07. The number of nitrogens with zero attached hydrogens (tertiary/aromatic N) is 3. The number of hydrogen-bond donors (Lipinski definition) is 0. The molecule has 0 spiro atoms. The molecule has 0 N–H and O–H groups in total. The smallest absolute Gasteiger partial charge is 0.416 e. The summed E-state index contributed by atoms with van der Waals surface area (Å²) >= 11 is 0. The maximum absolute atomic E-state index is 13.0. The fraction of sp³-hybridized carbons (Fsp3) is 0.250. The van der Waals surface area contributed by atoms with Crippen LogP contribution >= 0.6 is 0 Å². The molecule has 4 rings (SSSR count). The standard InChI is InChI=1S/C28H26F3N3O/c1-35-26-13-11-25(12-14-26)32-27(15-10-22-6-3-2-4-7-22)34-18-16-33(17-19-34)21-23-8-5-9-24(20-23)28(29,30)31/h2-9,11-14,20H,16-19,21H2,1H3/b32-27-. The minimum absolute atomic E-state index is 0.471. The highest BCUT2D eigenvalue weighted by Gasteiger charge is 2.30. The second-order valence-electron chi connectivity index (χ2n) is 8.21. The molecule has 0 saturated carbocycles. The molecular weight excluding hydrogens is 451 g/mol. The van der Waals surface area contributed by atoms with E-state index >= 15 is 0 Å². The Kier molecular flexibility index (Phi) is 7.74. The zero-order chi connectivity index (χ0) is 24.7. The Morgan fingerprint density at radius 1 is 0.914 bits per heavy atom. The van der Waals surface area contributed by atoms with Gasteiger partial charge in [0.1, 0.15) is 5.75 Å². The van der Waals surface area contributed by atoms with Gasteiger partial charge in [-0.3, -0.25) is 4.90 Å². The van der Waals surface area contributed by atoms with Crippen molar-refractivity contribution in [3.63, 3.8) is 0 Å². The first-order valence-corrected chi connectivity index (χ1v) is 11.3. The summed E-state index contributed by atoms with van der Waals surface area (Å²) < 4.78 is 44.4. The van der Waals surface area contributed by atoms with Crippen LogP contribution in [-0.4, -0.2) is 48.9 Å². The quantitative estimate of drug-likeness (QED) is 0.278.